The van der Waals surface area contributed by atoms with Gasteiger partial charge in [-0.1, -0.05) is 30.3 Å². The Kier molecular flexibility index (Phi) is 5.16. The van der Waals surface area contributed by atoms with E-state index in [-0.39, 0.29) is 23.6 Å². The van der Waals surface area contributed by atoms with Gasteiger partial charge in [0.05, 0.1) is 5.75 Å². The van der Waals surface area contributed by atoms with Crippen molar-refractivity contribution in [1.29, 1.82) is 0 Å². The third-order valence-electron chi connectivity index (χ3n) is 3.68. The van der Waals surface area contributed by atoms with Crippen molar-refractivity contribution in [3.05, 3.63) is 35.9 Å². The molecule has 0 aliphatic carbocycles. The number of likely N-dealkylation sites (tertiary alicyclic amines) is 1. The Balaban J connectivity index is 2.00. The van der Waals surface area contributed by atoms with Gasteiger partial charge in [-0.05, 0) is 29.8 Å². The van der Waals surface area contributed by atoms with Crippen LogP contribution in [0, 0.1) is 5.92 Å². The molecule has 1 aliphatic heterocycles. The van der Waals surface area contributed by atoms with Gasteiger partial charge in [0.25, 0.3) is 0 Å². The van der Waals surface area contributed by atoms with Crippen molar-refractivity contribution in [2.45, 2.75) is 11.4 Å². The Hall–Kier alpha value is -1.21. The zero-order valence-corrected chi connectivity index (χ0v) is 12.2. The van der Waals surface area contributed by atoms with E-state index >= 15 is 0 Å². The van der Waals surface area contributed by atoms with E-state index in [9.17, 15) is 18.0 Å². The Morgan fingerprint density at radius 1 is 1.29 bits per heavy atom. The molecule has 0 saturated carbocycles. The van der Waals surface area contributed by atoms with Crippen LogP contribution in [0.3, 0.4) is 0 Å². The summed E-state index contributed by atoms with van der Waals surface area (Å²) in [5.41, 5.74) is 2.45. The van der Waals surface area contributed by atoms with Crippen LogP contribution in [-0.2, 0) is 4.79 Å². The van der Waals surface area contributed by atoms with Crippen LogP contribution >= 0.6 is 11.8 Å². The molecule has 1 amide bonds. The molecule has 1 aromatic carbocycles. The number of benzene rings is 1. The van der Waals surface area contributed by atoms with Crippen molar-refractivity contribution >= 4 is 17.7 Å². The second-order valence-electron chi connectivity index (χ2n) is 5.05. The third-order valence-corrected chi connectivity index (χ3v) is 4.40. The number of thioether (sulfide) groups is 1. The normalized spacial score (nSPS) is 22.6. The number of alkyl halides is 3. The summed E-state index contributed by atoms with van der Waals surface area (Å²) >= 11 is -0.288. The number of hydrogen-bond donors (Lipinski definition) is 1. The molecule has 1 aromatic rings. The predicted octanol–water partition coefficient (Wildman–Crippen LogP) is 2.44. The molecule has 0 bridgehead atoms. The molecule has 0 radical (unpaired) electrons. The van der Waals surface area contributed by atoms with Gasteiger partial charge in [0.15, 0.2) is 0 Å². The number of nitrogens with two attached hydrogens (primary N) is 1. The number of halogens is 3. The van der Waals surface area contributed by atoms with Crippen molar-refractivity contribution in [1.82, 2.24) is 4.90 Å². The van der Waals surface area contributed by atoms with Crippen molar-refractivity contribution in [2.75, 3.05) is 25.4 Å². The number of carbonyl (C=O) groups excluding carboxylic acids is 1. The summed E-state index contributed by atoms with van der Waals surface area (Å²) in [6, 6.07) is 9.65. The smallest absolute Gasteiger partial charge is 0.341 e. The van der Waals surface area contributed by atoms with E-state index in [2.05, 4.69) is 0 Å². The fourth-order valence-corrected chi connectivity index (χ4v) is 3.10. The Morgan fingerprint density at radius 2 is 1.95 bits per heavy atom. The Morgan fingerprint density at radius 3 is 2.52 bits per heavy atom. The summed E-state index contributed by atoms with van der Waals surface area (Å²) in [4.78, 5) is 13.4. The van der Waals surface area contributed by atoms with Crippen LogP contribution in [0.2, 0.25) is 0 Å². The van der Waals surface area contributed by atoms with E-state index in [0.29, 0.717) is 19.6 Å². The second-order valence-corrected chi connectivity index (χ2v) is 6.09. The van der Waals surface area contributed by atoms with E-state index in [1.54, 1.807) is 0 Å². The summed E-state index contributed by atoms with van der Waals surface area (Å²) in [5.74, 6) is -0.861. The molecular formula is C14H17F3N2OS. The van der Waals surface area contributed by atoms with Gasteiger partial charge in [0.1, 0.15) is 0 Å². The minimum absolute atomic E-state index is 0.0900. The molecular weight excluding hydrogens is 301 g/mol. The summed E-state index contributed by atoms with van der Waals surface area (Å²) in [7, 11) is 0. The van der Waals surface area contributed by atoms with E-state index < -0.39 is 17.2 Å². The standard InChI is InChI=1S/C14H17F3N2OS/c15-14(16,17)21-9-13(20)19-7-11(6-18)12(8-19)10-4-2-1-3-5-10/h1-5,11-12H,6-9,18H2/t11-,12+/m1/s1. The maximum Gasteiger partial charge on any atom is 0.442 e. The van der Waals surface area contributed by atoms with Crippen LogP contribution in [0.5, 0.6) is 0 Å². The first-order valence-corrected chi connectivity index (χ1v) is 7.62. The molecule has 2 N–H and O–H groups in total. The lowest BCUT2D eigenvalue weighted by atomic mass is 9.89. The minimum Gasteiger partial charge on any atom is -0.341 e. The van der Waals surface area contributed by atoms with E-state index in [4.69, 9.17) is 5.73 Å². The van der Waals surface area contributed by atoms with E-state index in [0.717, 1.165) is 5.56 Å². The maximum absolute atomic E-state index is 12.2. The molecule has 2 rings (SSSR count). The monoisotopic (exact) mass is 318 g/mol. The quantitative estimate of drug-likeness (QED) is 0.927. The van der Waals surface area contributed by atoms with Gasteiger partial charge in [-0.25, -0.2) is 0 Å². The zero-order chi connectivity index (χ0) is 15.5. The lowest BCUT2D eigenvalue weighted by Gasteiger charge is -2.17. The highest BCUT2D eigenvalue weighted by atomic mass is 32.2. The molecule has 1 saturated heterocycles. The van der Waals surface area contributed by atoms with Crippen LogP contribution in [0.25, 0.3) is 0 Å². The molecule has 116 valence electrons. The first-order valence-electron chi connectivity index (χ1n) is 6.64. The summed E-state index contributed by atoms with van der Waals surface area (Å²) in [5, 5.41) is 0. The summed E-state index contributed by atoms with van der Waals surface area (Å²) in [6.45, 7) is 1.27. The number of rotatable bonds is 4. The topological polar surface area (TPSA) is 46.3 Å². The van der Waals surface area contributed by atoms with Gasteiger partial charge in [0, 0.05) is 19.0 Å². The molecule has 0 aromatic heterocycles. The van der Waals surface area contributed by atoms with Crippen LogP contribution < -0.4 is 5.73 Å². The Labute approximate surface area is 125 Å². The van der Waals surface area contributed by atoms with Crippen LogP contribution in [0.15, 0.2) is 30.3 Å². The SMILES string of the molecule is NC[C@@H]1CN(C(=O)CSC(F)(F)F)C[C@H]1c1ccccc1. The summed E-state index contributed by atoms with van der Waals surface area (Å²) in [6.07, 6.45) is 0. The first-order chi connectivity index (χ1) is 9.90. The third kappa shape index (κ3) is 4.38. The fourth-order valence-electron chi connectivity index (χ4n) is 2.63. The molecule has 21 heavy (non-hydrogen) atoms. The van der Waals surface area contributed by atoms with Crippen molar-refractivity contribution in [3.63, 3.8) is 0 Å². The number of carbonyl (C=O) groups is 1. The molecule has 0 spiro atoms. The van der Waals surface area contributed by atoms with Gasteiger partial charge in [-0.3, -0.25) is 4.79 Å². The van der Waals surface area contributed by atoms with Crippen LogP contribution in [-0.4, -0.2) is 41.7 Å². The zero-order valence-electron chi connectivity index (χ0n) is 11.3. The molecule has 2 atom stereocenters. The number of amides is 1. The van der Waals surface area contributed by atoms with Crippen molar-refractivity contribution in [3.8, 4) is 0 Å². The van der Waals surface area contributed by atoms with Gasteiger partial charge in [-0.15, -0.1) is 0 Å². The molecule has 1 heterocycles. The predicted molar refractivity (Wildman–Crippen MR) is 76.8 cm³/mol. The average Bonchev–Trinajstić information content (AvgIpc) is 2.89. The minimum atomic E-state index is -4.37. The number of hydrogen-bond acceptors (Lipinski definition) is 3. The first kappa shape index (κ1) is 16.2. The second kappa shape index (κ2) is 6.70. The van der Waals surface area contributed by atoms with Gasteiger partial charge in [0.2, 0.25) is 5.91 Å². The molecule has 1 aliphatic rings. The fraction of sp³-hybridized carbons (Fsp3) is 0.500. The molecule has 7 heteroatoms. The van der Waals surface area contributed by atoms with Gasteiger partial charge < -0.3 is 10.6 Å². The van der Waals surface area contributed by atoms with Crippen molar-refractivity contribution in [2.24, 2.45) is 11.7 Å². The van der Waals surface area contributed by atoms with Crippen LogP contribution in [0.4, 0.5) is 13.2 Å². The highest BCUT2D eigenvalue weighted by Crippen LogP contribution is 2.34. The lowest BCUT2D eigenvalue weighted by molar-refractivity contribution is -0.127. The Bertz CT molecular complexity index is 481. The maximum atomic E-state index is 12.2. The summed E-state index contributed by atoms with van der Waals surface area (Å²) < 4.78 is 36.5. The van der Waals surface area contributed by atoms with E-state index in [1.165, 1.54) is 4.90 Å². The van der Waals surface area contributed by atoms with E-state index in [1.807, 2.05) is 30.3 Å². The van der Waals surface area contributed by atoms with Crippen molar-refractivity contribution < 1.29 is 18.0 Å². The molecule has 1 fully saturated rings. The highest BCUT2D eigenvalue weighted by Gasteiger charge is 2.37. The van der Waals surface area contributed by atoms with Crippen LogP contribution in [0.1, 0.15) is 11.5 Å². The molecule has 0 unspecified atom stereocenters. The van der Waals surface area contributed by atoms with Gasteiger partial charge >= 0.3 is 5.51 Å². The average molecular weight is 318 g/mol. The molecule has 3 nitrogen and oxygen atoms in total. The largest absolute Gasteiger partial charge is 0.442 e. The lowest BCUT2D eigenvalue weighted by Crippen LogP contribution is -2.32. The highest BCUT2D eigenvalue weighted by molar-refractivity contribution is 8.00. The number of nitrogens with zero attached hydrogens (tertiary/aromatic N) is 1. The van der Waals surface area contributed by atoms with Gasteiger partial charge in [-0.2, -0.15) is 13.2 Å².